The first-order valence-corrected chi connectivity index (χ1v) is 14.3. The fraction of sp³-hybridized carbons (Fsp3) is 0.172. The van der Waals surface area contributed by atoms with Crippen molar-refractivity contribution in [2.75, 3.05) is 5.01 Å². The maximum atomic E-state index is 6.24. The normalized spacial score (nSPS) is 20.5. The van der Waals surface area contributed by atoms with Crippen molar-refractivity contribution < 1.29 is 0 Å². The second kappa shape index (κ2) is 10.1. The van der Waals surface area contributed by atoms with E-state index in [1.54, 1.807) is 11.3 Å². The van der Waals surface area contributed by atoms with Crippen LogP contribution < -0.4 is 5.01 Å². The Hall–Kier alpha value is -2.44. The summed E-state index contributed by atoms with van der Waals surface area (Å²) < 4.78 is 1.06. The van der Waals surface area contributed by atoms with Crippen molar-refractivity contribution in [1.82, 2.24) is 4.98 Å². The van der Waals surface area contributed by atoms with E-state index in [0.717, 1.165) is 61.4 Å². The van der Waals surface area contributed by atoms with Crippen molar-refractivity contribution in [3.8, 4) is 11.3 Å². The van der Waals surface area contributed by atoms with Gasteiger partial charge in [-0.2, -0.15) is 5.10 Å². The minimum absolute atomic E-state index is 0.0788. The summed E-state index contributed by atoms with van der Waals surface area (Å²) in [6, 6.07) is 24.5. The SMILES string of the molecule is Clc1ccc(C=C2CCCC3C2=NN(c2nc(-c4ccc(Br)cc4)cs2)C3c2ccc(Cl)cc2)cc1. The summed E-state index contributed by atoms with van der Waals surface area (Å²) in [5.41, 5.74) is 6.86. The fourth-order valence-corrected chi connectivity index (χ4v) is 6.37. The van der Waals surface area contributed by atoms with Gasteiger partial charge in [-0.15, -0.1) is 11.3 Å². The molecule has 0 spiro atoms. The third-order valence-electron chi connectivity index (χ3n) is 6.75. The van der Waals surface area contributed by atoms with Crippen molar-refractivity contribution >= 4 is 67.4 Å². The zero-order valence-electron chi connectivity index (χ0n) is 19.2. The number of aromatic nitrogens is 1. The predicted octanol–water partition coefficient (Wildman–Crippen LogP) is 9.68. The van der Waals surface area contributed by atoms with Crippen molar-refractivity contribution in [2.24, 2.45) is 11.0 Å². The number of halogens is 3. The molecule has 4 aromatic rings. The molecule has 180 valence electrons. The molecule has 0 amide bonds. The van der Waals surface area contributed by atoms with E-state index in [1.807, 2.05) is 36.4 Å². The zero-order chi connectivity index (χ0) is 24.6. The molecule has 1 saturated carbocycles. The molecule has 1 aliphatic heterocycles. The van der Waals surface area contributed by atoms with Crippen LogP contribution in [0.15, 0.2) is 93.3 Å². The summed E-state index contributed by atoms with van der Waals surface area (Å²) in [7, 11) is 0. The second-order valence-corrected chi connectivity index (χ2v) is 11.7. The summed E-state index contributed by atoms with van der Waals surface area (Å²) >= 11 is 17.5. The first-order valence-electron chi connectivity index (χ1n) is 11.9. The number of benzene rings is 3. The molecule has 6 rings (SSSR count). The van der Waals surface area contributed by atoms with Gasteiger partial charge in [-0.05, 0) is 78.4 Å². The summed E-state index contributed by atoms with van der Waals surface area (Å²) in [5.74, 6) is 0.290. The van der Waals surface area contributed by atoms with E-state index in [9.17, 15) is 0 Å². The molecular weight excluding hydrogens is 573 g/mol. The maximum Gasteiger partial charge on any atom is 0.207 e. The Morgan fingerprint density at radius 2 is 1.61 bits per heavy atom. The molecular formula is C29H22BrCl2N3S. The van der Waals surface area contributed by atoms with Crippen LogP contribution in [0.4, 0.5) is 5.13 Å². The molecule has 3 nitrogen and oxygen atoms in total. The number of thiazole rings is 1. The lowest BCUT2D eigenvalue weighted by Crippen LogP contribution is -2.28. The Balaban J connectivity index is 1.41. The number of hydrogen-bond acceptors (Lipinski definition) is 4. The van der Waals surface area contributed by atoms with Crippen LogP contribution in [-0.4, -0.2) is 10.7 Å². The summed E-state index contributed by atoms with van der Waals surface area (Å²) in [4.78, 5) is 5.02. The van der Waals surface area contributed by atoms with E-state index in [1.165, 1.54) is 11.1 Å². The van der Waals surface area contributed by atoms with Crippen molar-refractivity contribution in [1.29, 1.82) is 0 Å². The number of hydrogen-bond donors (Lipinski definition) is 0. The van der Waals surface area contributed by atoms with E-state index >= 15 is 0 Å². The average Bonchev–Trinajstić information content (AvgIpc) is 3.52. The molecule has 2 aliphatic rings. The summed E-state index contributed by atoms with van der Waals surface area (Å²) in [5, 5.41) is 11.9. The highest BCUT2D eigenvalue weighted by Gasteiger charge is 2.42. The van der Waals surface area contributed by atoms with E-state index in [0.29, 0.717) is 5.92 Å². The van der Waals surface area contributed by atoms with Gasteiger partial charge >= 0.3 is 0 Å². The van der Waals surface area contributed by atoms with E-state index in [-0.39, 0.29) is 6.04 Å². The number of rotatable bonds is 4. The molecule has 7 heteroatoms. The highest BCUT2D eigenvalue weighted by molar-refractivity contribution is 9.10. The lowest BCUT2D eigenvalue weighted by molar-refractivity contribution is 0.487. The van der Waals surface area contributed by atoms with Gasteiger partial charge in [-0.1, -0.05) is 75.5 Å². The predicted molar refractivity (Wildman–Crippen MR) is 156 cm³/mol. The molecule has 0 N–H and O–H groups in total. The molecule has 2 atom stereocenters. The van der Waals surface area contributed by atoms with Crippen LogP contribution in [0.3, 0.4) is 0 Å². The summed E-state index contributed by atoms with van der Waals surface area (Å²) in [6.07, 6.45) is 5.49. The smallest absolute Gasteiger partial charge is 0.207 e. The van der Waals surface area contributed by atoms with Crippen LogP contribution >= 0.6 is 50.5 Å². The molecule has 36 heavy (non-hydrogen) atoms. The Bertz CT molecular complexity index is 1440. The molecule has 0 radical (unpaired) electrons. The Labute approximate surface area is 233 Å². The molecule has 2 unspecified atom stereocenters. The van der Waals surface area contributed by atoms with Crippen molar-refractivity contribution in [3.63, 3.8) is 0 Å². The highest BCUT2D eigenvalue weighted by Crippen LogP contribution is 2.47. The highest BCUT2D eigenvalue weighted by atomic mass is 79.9. The number of anilines is 1. The van der Waals surface area contributed by atoms with Crippen LogP contribution in [0.25, 0.3) is 17.3 Å². The first kappa shape index (κ1) is 23.9. The largest absolute Gasteiger partial charge is 0.231 e. The van der Waals surface area contributed by atoms with Gasteiger partial charge in [0, 0.05) is 31.4 Å². The van der Waals surface area contributed by atoms with Crippen LogP contribution in [0, 0.1) is 5.92 Å². The Morgan fingerprint density at radius 1 is 0.917 bits per heavy atom. The standard InChI is InChI=1S/C29H22BrCl2N3S/c30-22-10-6-19(7-11-22)26-17-36-29(33-26)35-28(20-8-14-24(32)15-9-20)25-3-1-2-21(27(25)34-35)16-18-4-12-23(31)13-5-18/h4-17,25,28H,1-3H2. The number of hydrazone groups is 1. The monoisotopic (exact) mass is 593 g/mol. The molecule has 0 bridgehead atoms. The van der Waals surface area contributed by atoms with Crippen molar-refractivity contribution in [2.45, 2.75) is 25.3 Å². The minimum Gasteiger partial charge on any atom is -0.231 e. The summed E-state index contributed by atoms with van der Waals surface area (Å²) in [6.45, 7) is 0. The van der Waals surface area contributed by atoms with Crippen molar-refractivity contribution in [3.05, 3.63) is 109 Å². The third-order valence-corrected chi connectivity index (χ3v) is 8.61. The molecule has 1 aliphatic carbocycles. The second-order valence-electron chi connectivity index (χ2n) is 9.07. The van der Waals surface area contributed by atoms with Gasteiger partial charge in [-0.3, -0.25) is 0 Å². The molecule has 2 heterocycles. The van der Waals surface area contributed by atoms with E-state index in [4.69, 9.17) is 33.3 Å². The molecule has 1 fully saturated rings. The number of nitrogens with zero attached hydrogens (tertiary/aromatic N) is 3. The Morgan fingerprint density at radius 3 is 2.33 bits per heavy atom. The molecule has 1 aromatic heterocycles. The lowest BCUT2D eigenvalue weighted by atomic mass is 9.77. The van der Waals surface area contributed by atoms with Gasteiger partial charge in [0.2, 0.25) is 5.13 Å². The first-order chi connectivity index (χ1) is 17.5. The van der Waals surface area contributed by atoms with Crippen LogP contribution in [0.2, 0.25) is 10.0 Å². The quantitative estimate of drug-likeness (QED) is 0.235. The van der Waals surface area contributed by atoms with Gasteiger partial charge in [0.15, 0.2) is 0 Å². The molecule has 3 aromatic carbocycles. The number of fused-ring (bicyclic) bond motifs is 1. The van der Waals surface area contributed by atoms with E-state index < -0.39 is 0 Å². The topological polar surface area (TPSA) is 28.5 Å². The zero-order valence-corrected chi connectivity index (χ0v) is 23.2. The average molecular weight is 595 g/mol. The molecule has 0 saturated heterocycles. The van der Waals surface area contributed by atoms with Gasteiger partial charge in [0.05, 0.1) is 17.4 Å². The third kappa shape index (κ3) is 4.78. The van der Waals surface area contributed by atoms with Gasteiger partial charge in [-0.25, -0.2) is 9.99 Å². The minimum atomic E-state index is 0.0788. The van der Waals surface area contributed by atoms with Gasteiger partial charge < -0.3 is 0 Å². The van der Waals surface area contributed by atoms with Gasteiger partial charge in [0.1, 0.15) is 0 Å². The lowest BCUT2D eigenvalue weighted by Gasteiger charge is -2.29. The number of allylic oxidation sites excluding steroid dienone is 1. The van der Waals surface area contributed by atoms with Crippen LogP contribution in [-0.2, 0) is 0 Å². The maximum absolute atomic E-state index is 6.24. The Kier molecular flexibility index (Phi) is 6.74. The van der Waals surface area contributed by atoms with Crippen LogP contribution in [0.1, 0.15) is 36.4 Å². The van der Waals surface area contributed by atoms with Gasteiger partial charge in [0.25, 0.3) is 0 Å². The fourth-order valence-electron chi connectivity index (χ4n) is 5.03. The van der Waals surface area contributed by atoms with E-state index in [2.05, 4.69) is 68.8 Å². The van der Waals surface area contributed by atoms with Crippen LogP contribution in [0.5, 0.6) is 0 Å².